The lowest BCUT2D eigenvalue weighted by Gasteiger charge is -2.38. The Morgan fingerprint density at radius 3 is 2.62 bits per heavy atom. The molecule has 0 spiro atoms. The van der Waals surface area contributed by atoms with Gasteiger partial charge in [0.2, 0.25) is 0 Å². The van der Waals surface area contributed by atoms with Crippen molar-refractivity contribution in [1.82, 2.24) is 4.90 Å². The van der Waals surface area contributed by atoms with Crippen LogP contribution in [0.5, 0.6) is 0 Å². The number of likely N-dealkylation sites (tertiary alicyclic amines) is 1. The van der Waals surface area contributed by atoms with Crippen LogP contribution in [0.15, 0.2) is 0 Å². The monoisotopic (exact) mass is 211 g/mol. The van der Waals surface area contributed by atoms with Gasteiger partial charge in [-0.1, -0.05) is 0 Å². The molecule has 2 nitrogen and oxygen atoms in total. The van der Waals surface area contributed by atoms with E-state index >= 15 is 0 Å². The molecule has 1 saturated heterocycles. The molecule has 78 valence electrons. The molecule has 1 unspecified atom stereocenters. The first-order valence-electron chi connectivity index (χ1n) is 4.39. The van der Waals surface area contributed by atoms with Crippen LogP contribution in [0.3, 0.4) is 0 Å². The second kappa shape index (κ2) is 4.57. The molecule has 1 aliphatic heterocycles. The van der Waals surface area contributed by atoms with Crippen LogP contribution < -0.4 is 0 Å². The Kier molecular flexibility index (Phi) is 3.94. The topological polar surface area (TPSA) is 12.5 Å². The summed E-state index contributed by atoms with van der Waals surface area (Å²) in [6.07, 6.45) is 0.793. The lowest BCUT2D eigenvalue weighted by atomic mass is 10.1. The summed E-state index contributed by atoms with van der Waals surface area (Å²) in [5.41, 5.74) is -0.0715. The van der Waals surface area contributed by atoms with Gasteiger partial charge >= 0.3 is 0 Å². The fraction of sp³-hybridized carbons (Fsp3) is 1.00. The van der Waals surface area contributed by atoms with Gasteiger partial charge in [-0.05, 0) is 13.3 Å². The number of hydrogen-bond donors (Lipinski definition) is 1. The van der Waals surface area contributed by atoms with Gasteiger partial charge in [-0.2, -0.15) is 0 Å². The van der Waals surface area contributed by atoms with Crippen LogP contribution in [0.25, 0.3) is 0 Å². The summed E-state index contributed by atoms with van der Waals surface area (Å²) in [4.78, 5) is 1.73. The highest BCUT2D eigenvalue weighted by Gasteiger charge is 2.42. The van der Waals surface area contributed by atoms with E-state index in [2.05, 4.69) is 12.6 Å². The molecule has 1 atom stereocenters. The molecule has 0 aromatic carbocycles. The Labute approximate surface area is 82.6 Å². The SMILES string of the molecule is CC(S)OCCCN1CC(F)(F)C1. The number of hydrogen-bond acceptors (Lipinski definition) is 3. The van der Waals surface area contributed by atoms with Gasteiger partial charge in [-0.25, -0.2) is 8.78 Å². The average molecular weight is 211 g/mol. The van der Waals surface area contributed by atoms with Crippen LogP contribution >= 0.6 is 12.6 Å². The quantitative estimate of drug-likeness (QED) is 0.421. The molecule has 0 aromatic rings. The van der Waals surface area contributed by atoms with Gasteiger partial charge in [0, 0.05) is 13.2 Å². The van der Waals surface area contributed by atoms with Crippen LogP contribution in [0.4, 0.5) is 8.78 Å². The normalized spacial score (nSPS) is 24.0. The predicted molar refractivity (Wildman–Crippen MR) is 50.4 cm³/mol. The molecular weight excluding hydrogens is 196 g/mol. The Morgan fingerprint density at radius 2 is 2.15 bits per heavy atom. The molecule has 0 saturated carbocycles. The predicted octanol–water partition coefficient (Wildman–Crippen LogP) is 1.62. The summed E-state index contributed by atoms with van der Waals surface area (Å²) < 4.78 is 29.8. The summed E-state index contributed by atoms with van der Waals surface area (Å²) in [6, 6.07) is 0. The van der Waals surface area contributed by atoms with Crippen LogP contribution in [0.1, 0.15) is 13.3 Å². The molecule has 0 aliphatic carbocycles. The van der Waals surface area contributed by atoms with Crippen LogP contribution in [-0.2, 0) is 4.74 Å². The molecule has 0 aromatic heterocycles. The van der Waals surface area contributed by atoms with Gasteiger partial charge in [0.1, 0.15) is 0 Å². The third-order valence-corrected chi connectivity index (χ3v) is 2.04. The lowest BCUT2D eigenvalue weighted by molar-refractivity contribution is -0.131. The second-order valence-corrected chi connectivity index (χ2v) is 4.12. The Morgan fingerprint density at radius 1 is 1.54 bits per heavy atom. The second-order valence-electron chi connectivity index (χ2n) is 3.39. The molecule has 1 rings (SSSR count). The molecule has 1 fully saturated rings. The van der Waals surface area contributed by atoms with Gasteiger partial charge < -0.3 is 4.74 Å². The number of alkyl halides is 2. The largest absolute Gasteiger partial charge is 0.368 e. The zero-order valence-corrected chi connectivity index (χ0v) is 8.57. The Balaban J connectivity index is 1.91. The molecule has 0 bridgehead atoms. The number of thiol groups is 1. The first kappa shape index (κ1) is 11.2. The van der Waals surface area contributed by atoms with Crippen molar-refractivity contribution < 1.29 is 13.5 Å². The zero-order valence-electron chi connectivity index (χ0n) is 7.67. The minimum Gasteiger partial charge on any atom is -0.368 e. The number of rotatable bonds is 5. The molecule has 0 radical (unpaired) electrons. The van der Waals surface area contributed by atoms with E-state index in [0.717, 1.165) is 6.42 Å². The van der Waals surface area contributed by atoms with Gasteiger partial charge in [-0.15, -0.1) is 12.6 Å². The van der Waals surface area contributed by atoms with Crippen LogP contribution in [0.2, 0.25) is 0 Å². The number of nitrogens with zero attached hydrogens (tertiary/aromatic N) is 1. The van der Waals surface area contributed by atoms with E-state index in [1.807, 2.05) is 6.92 Å². The fourth-order valence-electron chi connectivity index (χ4n) is 1.31. The molecule has 13 heavy (non-hydrogen) atoms. The Bertz CT molecular complexity index is 158. The minimum absolute atomic E-state index is 0.0715. The van der Waals surface area contributed by atoms with E-state index in [1.54, 1.807) is 4.90 Å². The third-order valence-electron chi connectivity index (χ3n) is 1.89. The summed E-state index contributed by atoms with van der Waals surface area (Å²) in [5.74, 6) is -2.45. The van der Waals surface area contributed by atoms with Crippen molar-refractivity contribution in [3.63, 3.8) is 0 Å². The van der Waals surface area contributed by atoms with Crippen molar-refractivity contribution in [1.29, 1.82) is 0 Å². The van der Waals surface area contributed by atoms with Crippen molar-refractivity contribution in [3.05, 3.63) is 0 Å². The maximum Gasteiger partial charge on any atom is 0.272 e. The third kappa shape index (κ3) is 4.24. The maximum atomic E-state index is 12.3. The average Bonchev–Trinajstić information content (AvgIpc) is 1.93. The molecule has 0 amide bonds. The minimum atomic E-state index is -2.45. The van der Waals surface area contributed by atoms with Gasteiger partial charge in [-0.3, -0.25) is 4.90 Å². The first-order chi connectivity index (χ1) is 5.99. The summed E-state index contributed by atoms with van der Waals surface area (Å²) in [6.45, 7) is 2.93. The van der Waals surface area contributed by atoms with E-state index in [4.69, 9.17) is 4.74 Å². The van der Waals surface area contributed by atoms with E-state index < -0.39 is 5.92 Å². The molecule has 5 heteroatoms. The molecule has 1 aliphatic rings. The van der Waals surface area contributed by atoms with Crippen molar-refractivity contribution >= 4 is 12.6 Å². The molecular formula is C8H15F2NOS. The van der Waals surface area contributed by atoms with Crippen molar-refractivity contribution in [3.8, 4) is 0 Å². The van der Waals surface area contributed by atoms with Crippen molar-refractivity contribution in [2.45, 2.75) is 24.7 Å². The van der Waals surface area contributed by atoms with E-state index in [1.165, 1.54) is 0 Å². The molecule has 0 N–H and O–H groups in total. The van der Waals surface area contributed by atoms with Crippen molar-refractivity contribution in [2.75, 3.05) is 26.2 Å². The fourth-order valence-corrected chi connectivity index (χ4v) is 1.41. The highest BCUT2D eigenvalue weighted by Crippen LogP contribution is 2.26. The van der Waals surface area contributed by atoms with E-state index in [-0.39, 0.29) is 18.5 Å². The summed E-state index contributed by atoms with van der Waals surface area (Å²) in [7, 11) is 0. The number of ether oxygens (including phenoxy) is 1. The number of halogens is 2. The highest BCUT2D eigenvalue weighted by atomic mass is 32.1. The van der Waals surface area contributed by atoms with E-state index in [9.17, 15) is 8.78 Å². The standard InChI is InChI=1S/C8H15F2NOS/c1-7(13)12-4-2-3-11-5-8(9,10)6-11/h7,13H,2-6H2,1H3. The van der Waals surface area contributed by atoms with Crippen LogP contribution in [-0.4, -0.2) is 42.5 Å². The van der Waals surface area contributed by atoms with E-state index in [0.29, 0.717) is 13.2 Å². The van der Waals surface area contributed by atoms with Crippen LogP contribution in [0, 0.1) is 0 Å². The first-order valence-corrected chi connectivity index (χ1v) is 4.91. The summed E-state index contributed by atoms with van der Waals surface area (Å²) in [5, 5.41) is 0. The van der Waals surface area contributed by atoms with Gasteiger partial charge in [0.15, 0.2) is 0 Å². The molecule has 1 heterocycles. The zero-order chi connectivity index (χ0) is 9.90. The maximum absolute atomic E-state index is 12.3. The summed E-state index contributed by atoms with van der Waals surface area (Å²) >= 11 is 4.03. The van der Waals surface area contributed by atoms with Gasteiger partial charge in [0.25, 0.3) is 5.92 Å². The highest BCUT2D eigenvalue weighted by molar-refractivity contribution is 7.80. The van der Waals surface area contributed by atoms with Crippen molar-refractivity contribution in [2.24, 2.45) is 0 Å². The smallest absolute Gasteiger partial charge is 0.272 e. The lowest BCUT2D eigenvalue weighted by Crippen LogP contribution is -2.56. The Hall–Kier alpha value is 0.130. The van der Waals surface area contributed by atoms with Gasteiger partial charge in [0.05, 0.1) is 18.5 Å².